The molecule has 0 aliphatic carbocycles. The van der Waals surface area contributed by atoms with E-state index in [9.17, 15) is 0 Å². The van der Waals surface area contributed by atoms with Gasteiger partial charge in [0.05, 0.1) is 0 Å². The third-order valence-electron chi connectivity index (χ3n) is 0.878. The van der Waals surface area contributed by atoms with Crippen molar-refractivity contribution in [3.05, 3.63) is 0 Å². The molecule has 0 N–H and O–H groups in total. The van der Waals surface area contributed by atoms with Crippen molar-refractivity contribution in [2.45, 2.75) is 0 Å². The lowest BCUT2D eigenvalue weighted by Crippen LogP contribution is -2.48. The van der Waals surface area contributed by atoms with E-state index in [0.717, 1.165) is 4.39 Å². The minimum absolute atomic E-state index is 0.613. The molecule has 0 unspecified atom stereocenters. The predicted octanol–water partition coefficient (Wildman–Crippen LogP) is 2.35. The summed E-state index contributed by atoms with van der Waals surface area (Å²) in [7, 11) is 6.40. The van der Waals surface area contributed by atoms with Gasteiger partial charge in [-0.25, -0.2) is 53.9 Å². The molecule has 0 aromatic rings. The van der Waals surface area contributed by atoms with Crippen LogP contribution in [0.1, 0.15) is 0 Å². The van der Waals surface area contributed by atoms with Crippen LogP contribution >= 0.6 is 53.9 Å². The van der Waals surface area contributed by atoms with Crippen molar-refractivity contribution in [1.82, 2.24) is 0 Å². The SMILES string of the molecule is C[N+](C)(C)[B-](Br)(Br)I. The average molecular weight is 357 g/mol. The Morgan fingerprint density at radius 3 is 1.38 bits per heavy atom. The van der Waals surface area contributed by atoms with Crippen LogP contribution in [-0.4, -0.2) is 27.3 Å². The predicted molar refractivity (Wildman–Crippen MR) is 55.7 cm³/mol. The first-order chi connectivity index (χ1) is 3.25. The van der Waals surface area contributed by atoms with E-state index in [1.807, 2.05) is 0 Å². The van der Waals surface area contributed by atoms with Crippen LogP contribution in [0, 0.1) is 0 Å². The molecule has 0 fully saturated rings. The summed E-state index contributed by atoms with van der Waals surface area (Å²) in [6.07, 6.45) is 0. The van der Waals surface area contributed by atoms with Crippen molar-refractivity contribution in [2.24, 2.45) is 0 Å². The van der Waals surface area contributed by atoms with E-state index in [1.165, 1.54) is 0 Å². The molecule has 0 aliphatic rings. The number of halogens is 3. The standard InChI is InChI=1S/C3H9BBr2IN/c1-8(2,3)4(5,6)7/h1-3H3. The van der Waals surface area contributed by atoms with Crippen LogP contribution in [0.25, 0.3) is 0 Å². The second kappa shape index (κ2) is 2.76. The summed E-state index contributed by atoms with van der Waals surface area (Å²) in [4.78, 5) is 0. The highest BCUT2D eigenvalue weighted by Gasteiger charge is 2.28. The summed E-state index contributed by atoms with van der Waals surface area (Å²) in [5, 5.41) is 0. The molecular weight excluding hydrogens is 348 g/mol. The molecule has 0 saturated carbocycles. The van der Waals surface area contributed by atoms with Crippen molar-refractivity contribution in [1.29, 1.82) is 0 Å². The summed E-state index contributed by atoms with van der Waals surface area (Å²) in [6.45, 7) is 0. The summed E-state index contributed by atoms with van der Waals surface area (Å²) in [6, 6.07) is 0. The molecule has 0 spiro atoms. The van der Waals surface area contributed by atoms with E-state index >= 15 is 0 Å². The maximum absolute atomic E-state index is 3.54. The highest BCUT2D eigenvalue weighted by molar-refractivity contribution is 14.1. The second-order valence-corrected chi connectivity index (χ2v) is 11.8. The summed E-state index contributed by atoms with van der Waals surface area (Å²) in [5.74, 6) is 0. The molecule has 0 aromatic heterocycles. The largest absolute Gasteiger partial charge is 0.495 e. The lowest BCUT2D eigenvalue weighted by Gasteiger charge is -2.42. The van der Waals surface area contributed by atoms with Gasteiger partial charge in [-0.05, 0) is 0 Å². The zero-order valence-corrected chi connectivity index (χ0v) is 10.5. The minimum atomic E-state index is -0.613. The van der Waals surface area contributed by atoms with Crippen LogP contribution in [0.4, 0.5) is 0 Å². The highest BCUT2D eigenvalue weighted by Crippen LogP contribution is 2.33. The molecule has 0 aliphatic heterocycles. The number of hydrogen-bond donors (Lipinski definition) is 0. The highest BCUT2D eigenvalue weighted by atomic mass is 127. The number of hydrogen-bond acceptors (Lipinski definition) is 0. The van der Waals surface area contributed by atoms with Crippen molar-refractivity contribution in [3.63, 3.8) is 0 Å². The van der Waals surface area contributed by atoms with Crippen LogP contribution in [0.5, 0.6) is 0 Å². The molecule has 8 heavy (non-hydrogen) atoms. The van der Waals surface area contributed by atoms with Crippen LogP contribution in [0.15, 0.2) is 0 Å². The molecule has 0 heterocycles. The molecule has 50 valence electrons. The van der Waals surface area contributed by atoms with Crippen LogP contribution in [0.3, 0.4) is 0 Å². The molecular formula is C3H9BBr2IN. The Balaban J connectivity index is 4.02. The molecule has 5 heteroatoms. The van der Waals surface area contributed by atoms with E-state index < -0.39 is 1.79 Å². The first kappa shape index (κ1) is 9.71. The second-order valence-electron chi connectivity index (χ2n) is 2.66. The number of nitrogens with zero attached hydrogens (tertiary/aromatic N) is 1. The molecule has 0 saturated heterocycles. The van der Waals surface area contributed by atoms with E-state index in [4.69, 9.17) is 0 Å². The Kier molecular flexibility index (Phi) is 3.35. The van der Waals surface area contributed by atoms with E-state index in [2.05, 4.69) is 75.0 Å². The molecule has 1 nitrogen and oxygen atoms in total. The van der Waals surface area contributed by atoms with Crippen LogP contribution < -0.4 is 0 Å². The Morgan fingerprint density at radius 1 is 1.25 bits per heavy atom. The minimum Gasteiger partial charge on any atom is -0.495 e. The van der Waals surface area contributed by atoms with Crippen LogP contribution in [-0.2, 0) is 0 Å². The van der Waals surface area contributed by atoms with Gasteiger partial charge in [0.1, 0.15) is 0 Å². The lowest BCUT2D eigenvalue weighted by molar-refractivity contribution is -0.755. The topological polar surface area (TPSA) is 0 Å². The van der Waals surface area contributed by atoms with E-state index in [1.54, 1.807) is 0 Å². The first-order valence-electron chi connectivity index (χ1n) is 2.25. The lowest BCUT2D eigenvalue weighted by atomic mass is 10.3. The third kappa shape index (κ3) is 3.03. The molecule has 0 atom stereocenters. The number of rotatable bonds is 1. The fourth-order valence-electron chi connectivity index (χ4n) is 0. The maximum atomic E-state index is 3.54. The molecule has 0 bridgehead atoms. The molecule has 0 radical (unpaired) electrons. The normalized spacial score (nSPS) is 14.2. The van der Waals surface area contributed by atoms with Gasteiger partial charge >= 0.3 is 1.79 Å². The van der Waals surface area contributed by atoms with Gasteiger partial charge in [0.25, 0.3) is 0 Å². The van der Waals surface area contributed by atoms with Gasteiger partial charge in [-0.1, -0.05) is 0 Å². The smallest absolute Gasteiger partial charge is 0.385 e. The van der Waals surface area contributed by atoms with E-state index in [-0.39, 0.29) is 0 Å². The fraction of sp³-hybridized carbons (Fsp3) is 1.00. The van der Waals surface area contributed by atoms with Gasteiger partial charge in [0.15, 0.2) is 0 Å². The van der Waals surface area contributed by atoms with Crippen molar-refractivity contribution in [2.75, 3.05) is 21.1 Å². The molecule has 0 rings (SSSR count). The van der Waals surface area contributed by atoms with Gasteiger partial charge in [-0.3, -0.25) is 0 Å². The Labute approximate surface area is 80.5 Å². The van der Waals surface area contributed by atoms with Crippen molar-refractivity contribution >= 4 is 55.7 Å². The monoisotopic (exact) mass is 355 g/mol. The fourth-order valence-corrected chi connectivity index (χ4v) is 0. The van der Waals surface area contributed by atoms with Gasteiger partial charge in [0, 0.05) is 21.1 Å². The van der Waals surface area contributed by atoms with Crippen molar-refractivity contribution < 1.29 is 4.39 Å². The zero-order chi connectivity index (χ0) is 7.00. The third-order valence-corrected chi connectivity index (χ3v) is 5.01. The first-order valence-corrected chi connectivity index (χ1v) is 5.33. The molecule has 0 aromatic carbocycles. The van der Waals surface area contributed by atoms with Gasteiger partial charge < -0.3 is 4.39 Å². The van der Waals surface area contributed by atoms with Crippen molar-refractivity contribution in [3.8, 4) is 0 Å². The van der Waals surface area contributed by atoms with Gasteiger partial charge in [-0.2, -0.15) is 0 Å². The van der Waals surface area contributed by atoms with Gasteiger partial charge in [0.2, 0.25) is 0 Å². The van der Waals surface area contributed by atoms with E-state index in [0.29, 0.717) is 0 Å². The number of quaternary nitrogens is 1. The Morgan fingerprint density at radius 2 is 1.38 bits per heavy atom. The summed E-state index contributed by atoms with van der Waals surface area (Å²) in [5.41, 5.74) is 0. The molecule has 0 amide bonds. The van der Waals surface area contributed by atoms with Crippen LogP contribution in [0.2, 0.25) is 0 Å². The Hall–Kier alpha value is 1.71. The average Bonchev–Trinajstić information content (AvgIpc) is 1.25. The summed E-state index contributed by atoms with van der Waals surface area (Å²) < 4.78 is 0.290. The quantitative estimate of drug-likeness (QED) is 0.500. The maximum Gasteiger partial charge on any atom is 0.385 e. The zero-order valence-electron chi connectivity index (χ0n) is 5.16. The Bertz CT molecular complexity index is 72.3. The summed E-state index contributed by atoms with van der Waals surface area (Å²) >= 11 is 9.43. The van der Waals surface area contributed by atoms with Gasteiger partial charge in [-0.15, -0.1) is 0 Å².